The van der Waals surface area contributed by atoms with Gasteiger partial charge in [0.2, 0.25) is 5.91 Å². The number of benzene rings is 1. The van der Waals surface area contributed by atoms with Crippen LogP contribution in [0.4, 0.5) is 0 Å². The Morgan fingerprint density at radius 2 is 1.94 bits per heavy atom. The quantitative estimate of drug-likeness (QED) is 0.265. The number of aliphatic imine (C=N–C) groups is 1. The molecule has 1 atom stereocenters. The summed E-state index contributed by atoms with van der Waals surface area (Å²) in [6.45, 7) is 6.30. The molecule has 2 heterocycles. The highest BCUT2D eigenvalue weighted by Crippen LogP contribution is 2.19. The van der Waals surface area contributed by atoms with Crippen LogP contribution < -0.4 is 16.4 Å². The minimum Gasteiger partial charge on any atom is -0.369 e. The van der Waals surface area contributed by atoms with Gasteiger partial charge in [0.15, 0.2) is 5.96 Å². The van der Waals surface area contributed by atoms with Crippen molar-refractivity contribution in [2.24, 2.45) is 16.6 Å². The van der Waals surface area contributed by atoms with E-state index in [-0.39, 0.29) is 35.8 Å². The fraction of sp³-hybridized carbons (Fsp3) is 0.478. The molecule has 8 heteroatoms. The lowest BCUT2D eigenvalue weighted by molar-refractivity contribution is -0.123. The number of carbonyl (C=O) groups is 1. The van der Waals surface area contributed by atoms with Gasteiger partial charge in [0.05, 0.1) is 12.5 Å². The molecule has 1 aromatic heterocycles. The Kier molecular flexibility index (Phi) is 10.8. The molecule has 2 aromatic rings. The fourth-order valence-corrected chi connectivity index (χ4v) is 4.71. The van der Waals surface area contributed by atoms with Crippen molar-refractivity contribution in [3.8, 4) is 0 Å². The van der Waals surface area contributed by atoms with E-state index in [0.29, 0.717) is 6.54 Å². The van der Waals surface area contributed by atoms with Crippen LogP contribution >= 0.6 is 35.3 Å². The van der Waals surface area contributed by atoms with Gasteiger partial charge < -0.3 is 16.4 Å². The number of thiophene rings is 1. The third-order valence-electron chi connectivity index (χ3n) is 5.48. The van der Waals surface area contributed by atoms with E-state index in [9.17, 15) is 4.79 Å². The molecule has 31 heavy (non-hydrogen) atoms. The van der Waals surface area contributed by atoms with E-state index in [1.165, 1.54) is 20.9 Å². The highest BCUT2D eigenvalue weighted by atomic mass is 127. The van der Waals surface area contributed by atoms with Crippen LogP contribution in [0, 0.1) is 5.92 Å². The summed E-state index contributed by atoms with van der Waals surface area (Å²) in [7, 11) is 1.79. The second-order valence-corrected chi connectivity index (χ2v) is 9.05. The smallest absolute Gasteiger partial charge is 0.221 e. The lowest BCUT2D eigenvalue weighted by Crippen LogP contribution is -2.40. The van der Waals surface area contributed by atoms with Crippen LogP contribution in [-0.2, 0) is 30.8 Å². The van der Waals surface area contributed by atoms with E-state index in [4.69, 9.17) is 5.73 Å². The normalized spacial score (nSPS) is 17.1. The summed E-state index contributed by atoms with van der Waals surface area (Å²) in [5.41, 5.74) is 7.98. The molecule has 0 aliphatic carbocycles. The molecular formula is C23H34IN5OS. The molecular weight excluding hydrogens is 521 g/mol. The Morgan fingerprint density at radius 1 is 1.19 bits per heavy atom. The number of carbonyl (C=O) groups excluding carboxylic acids is 1. The first-order chi connectivity index (χ1) is 14.6. The van der Waals surface area contributed by atoms with Gasteiger partial charge in [-0.15, -0.1) is 35.3 Å². The van der Waals surface area contributed by atoms with E-state index in [1.54, 1.807) is 7.05 Å². The molecule has 0 saturated carbocycles. The number of nitrogens with one attached hydrogen (secondary N) is 2. The van der Waals surface area contributed by atoms with Crippen LogP contribution in [0.25, 0.3) is 0 Å². The maximum absolute atomic E-state index is 11.5. The molecule has 4 N–H and O–H groups in total. The van der Waals surface area contributed by atoms with Crippen molar-refractivity contribution >= 4 is 47.2 Å². The van der Waals surface area contributed by atoms with Crippen LogP contribution in [0.2, 0.25) is 0 Å². The summed E-state index contributed by atoms with van der Waals surface area (Å²) in [6, 6.07) is 13.0. The molecule has 0 bridgehead atoms. The largest absolute Gasteiger partial charge is 0.369 e. The van der Waals surface area contributed by atoms with Gasteiger partial charge in [-0.3, -0.25) is 14.7 Å². The second-order valence-electron chi connectivity index (χ2n) is 7.80. The van der Waals surface area contributed by atoms with Crippen LogP contribution in [0.5, 0.6) is 0 Å². The molecule has 6 nitrogen and oxygen atoms in total. The molecule has 1 amide bonds. The number of rotatable bonds is 8. The summed E-state index contributed by atoms with van der Waals surface area (Å²) in [5, 5.41) is 6.78. The molecule has 1 saturated heterocycles. The molecule has 1 aromatic carbocycles. The Balaban J connectivity index is 0.00000341. The van der Waals surface area contributed by atoms with Crippen molar-refractivity contribution in [1.82, 2.24) is 15.5 Å². The number of nitrogens with zero attached hydrogens (tertiary/aromatic N) is 2. The zero-order chi connectivity index (χ0) is 21.3. The Morgan fingerprint density at radius 3 is 2.65 bits per heavy atom. The van der Waals surface area contributed by atoms with E-state index in [0.717, 1.165) is 51.4 Å². The molecule has 1 fully saturated rings. The number of piperidine rings is 1. The topological polar surface area (TPSA) is 82.8 Å². The standard InChI is InChI=1S/C23H33N5OS.HI/c1-3-20-9-10-21(30-20)14-27-23(25-2)26-13-17-6-4-7-18(12-17)15-28-11-5-8-19(16-28)22(24)29;/h4,6-7,9-10,12,19H,3,5,8,11,13-16H2,1-2H3,(H2,24,29)(H2,25,26,27);1H. The average molecular weight is 556 g/mol. The van der Waals surface area contributed by atoms with Crippen LogP contribution in [0.15, 0.2) is 41.4 Å². The van der Waals surface area contributed by atoms with Crippen LogP contribution in [-0.4, -0.2) is 36.9 Å². The SMILES string of the molecule is CCc1ccc(CNC(=NC)NCc2cccc(CN3CCCC(C(N)=O)C3)c2)s1.I. The van der Waals surface area contributed by atoms with Gasteiger partial charge in [-0.1, -0.05) is 31.2 Å². The van der Waals surface area contributed by atoms with E-state index < -0.39 is 0 Å². The van der Waals surface area contributed by atoms with Gasteiger partial charge in [-0.25, -0.2) is 0 Å². The first-order valence-electron chi connectivity index (χ1n) is 10.7. The number of nitrogens with two attached hydrogens (primary N) is 1. The van der Waals surface area contributed by atoms with Crippen molar-refractivity contribution in [3.05, 3.63) is 57.3 Å². The van der Waals surface area contributed by atoms with Crippen molar-refractivity contribution in [1.29, 1.82) is 0 Å². The second kappa shape index (κ2) is 13.0. The number of likely N-dealkylation sites (tertiary alicyclic amines) is 1. The Hall–Kier alpha value is -1.65. The molecule has 170 valence electrons. The van der Waals surface area contributed by atoms with Crippen molar-refractivity contribution < 1.29 is 4.79 Å². The average Bonchev–Trinajstić information content (AvgIpc) is 3.22. The summed E-state index contributed by atoms with van der Waals surface area (Å²) in [6.07, 6.45) is 3.02. The van der Waals surface area contributed by atoms with Crippen LogP contribution in [0.3, 0.4) is 0 Å². The summed E-state index contributed by atoms with van der Waals surface area (Å²) >= 11 is 1.84. The fourth-order valence-electron chi connectivity index (χ4n) is 3.81. The van der Waals surface area contributed by atoms with Gasteiger partial charge in [0.1, 0.15) is 0 Å². The van der Waals surface area contributed by atoms with Gasteiger partial charge >= 0.3 is 0 Å². The Bertz CT molecular complexity index is 869. The predicted molar refractivity (Wildman–Crippen MR) is 140 cm³/mol. The van der Waals surface area contributed by atoms with E-state index in [2.05, 4.69) is 63.8 Å². The maximum Gasteiger partial charge on any atom is 0.221 e. The lowest BCUT2D eigenvalue weighted by atomic mass is 9.97. The third kappa shape index (κ3) is 8.08. The number of hydrogen-bond acceptors (Lipinski definition) is 4. The van der Waals surface area contributed by atoms with Gasteiger partial charge in [0, 0.05) is 36.4 Å². The number of halogens is 1. The summed E-state index contributed by atoms with van der Waals surface area (Å²) in [4.78, 5) is 20.9. The zero-order valence-corrected chi connectivity index (χ0v) is 21.5. The number of amides is 1. The van der Waals surface area contributed by atoms with Crippen molar-refractivity contribution in [2.75, 3.05) is 20.1 Å². The molecule has 0 radical (unpaired) electrons. The molecule has 1 unspecified atom stereocenters. The minimum absolute atomic E-state index is 0. The van der Waals surface area contributed by atoms with Crippen LogP contribution in [0.1, 0.15) is 40.6 Å². The van der Waals surface area contributed by atoms with Gasteiger partial charge in [-0.2, -0.15) is 0 Å². The molecule has 0 spiro atoms. The number of hydrogen-bond donors (Lipinski definition) is 3. The number of primary amides is 1. The molecule has 1 aliphatic rings. The summed E-state index contributed by atoms with van der Waals surface area (Å²) < 4.78 is 0. The van der Waals surface area contributed by atoms with Gasteiger partial charge in [0.25, 0.3) is 0 Å². The highest BCUT2D eigenvalue weighted by Gasteiger charge is 2.23. The van der Waals surface area contributed by atoms with Gasteiger partial charge in [-0.05, 0) is 49.1 Å². The first kappa shape index (κ1) is 25.6. The predicted octanol–water partition coefficient (Wildman–Crippen LogP) is 3.49. The number of aryl methyl sites for hydroxylation is 1. The van der Waals surface area contributed by atoms with Crippen molar-refractivity contribution in [2.45, 2.75) is 45.8 Å². The third-order valence-corrected chi connectivity index (χ3v) is 6.71. The Labute approximate surface area is 206 Å². The first-order valence-corrected chi connectivity index (χ1v) is 11.5. The monoisotopic (exact) mass is 555 g/mol. The minimum atomic E-state index is -0.176. The van der Waals surface area contributed by atoms with Crippen molar-refractivity contribution in [3.63, 3.8) is 0 Å². The summed E-state index contributed by atoms with van der Waals surface area (Å²) in [5.74, 6) is 0.604. The van der Waals surface area contributed by atoms with E-state index in [1.807, 2.05) is 11.3 Å². The zero-order valence-electron chi connectivity index (χ0n) is 18.4. The number of guanidine groups is 1. The molecule has 3 rings (SSSR count). The maximum atomic E-state index is 11.5. The highest BCUT2D eigenvalue weighted by molar-refractivity contribution is 14.0. The molecule has 1 aliphatic heterocycles. The van der Waals surface area contributed by atoms with E-state index >= 15 is 0 Å². The lowest BCUT2D eigenvalue weighted by Gasteiger charge is -2.31.